The van der Waals surface area contributed by atoms with Gasteiger partial charge in [-0.15, -0.1) is 0 Å². The van der Waals surface area contributed by atoms with E-state index in [1.165, 1.54) is 6.07 Å². The largest absolute Gasteiger partial charge is 0.416 e. The summed E-state index contributed by atoms with van der Waals surface area (Å²) in [7, 11) is 0. The molecule has 1 atom stereocenters. The molecule has 7 heteroatoms. The molecule has 1 N–H and O–H groups in total. The number of aromatic nitrogens is 2. The van der Waals surface area contributed by atoms with Gasteiger partial charge in [-0.25, -0.2) is 4.68 Å². The van der Waals surface area contributed by atoms with E-state index in [0.29, 0.717) is 15.9 Å². The first-order valence-electron chi connectivity index (χ1n) is 6.17. The van der Waals surface area contributed by atoms with Crippen molar-refractivity contribution in [2.24, 2.45) is 0 Å². The zero-order valence-corrected chi connectivity index (χ0v) is 11.1. The molecule has 1 aromatic carbocycles. The normalized spacial score (nSPS) is 13.2. The second kappa shape index (κ2) is 5.69. The van der Waals surface area contributed by atoms with Crippen LogP contribution in [0.15, 0.2) is 41.2 Å². The van der Waals surface area contributed by atoms with Crippen molar-refractivity contribution in [2.75, 3.05) is 0 Å². The van der Waals surface area contributed by atoms with E-state index in [-0.39, 0.29) is 0 Å². The molecule has 0 aliphatic rings. The van der Waals surface area contributed by atoms with E-state index >= 15 is 0 Å². The van der Waals surface area contributed by atoms with E-state index in [1.807, 2.05) is 19.1 Å². The number of halogens is 3. The fourth-order valence-electron chi connectivity index (χ4n) is 1.73. The number of nitrogens with zero attached hydrogens (tertiary/aromatic N) is 2. The minimum absolute atomic E-state index is 0.365. The van der Waals surface area contributed by atoms with Crippen molar-refractivity contribution in [3.63, 3.8) is 0 Å². The molecule has 0 aliphatic carbocycles. The summed E-state index contributed by atoms with van der Waals surface area (Å²) in [5, 5.41) is 12.9. The molecule has 0 radical (unpaired) electrons. The average molecular weight is 298 g/mol. The minimum Gasteiger partial charge on any atom is -0.382 e. The van der Waals surface area contributed by atoms with Gasteiger partial charge < -0.3 is 5.11 Å². The number of aliphatic hydroxyl groups is 1. The first-order valence-corrected chi connectivity index (χ1v) is 6.17. The van der Waals surface area contributed by atoms with Gasteiger partial charge in [-0.2, -0.15) is 18.3 Å². The molecule has 0 amide bonds. The number of aliphatic hydroxyl groups excluding tert-OH is 1. The molecule has 0 fully saturated rings. The van der Waals surface area contributed by atoms with Crippen LogP contribution in [0, 0.1) is 6.92 Å². The molecule has 0 aliphatic heterocycles. The molecule has 21 heavy (non-hydrogen) atoms. The monoisotopic (exact) mass is 298 g/mol. The topological polar surface area (TPSA) is 55.1 Å². The van der Waals surface area contributed by atoms with Gasteiger partial charge in [-0.05, 0) is 13.0 Å². The number of hydrogen-bond acceptors (Lipinski definition) is 3. The highest BCUT2D eigenvalue weighted by atomic mass is 19.4. The summed E-state index contributed by atoms with van der Waals surface area (Å²) in [5.41, 5.74) is 1.37. The highest BCUT2D eigenvalue weighted by molar-refractivity contribution is 5.58. The van der Waals surface area contributed by atoms with Crippen molar-refractivity contribution in [3.05, 3.63) is 52.3 Å². The molecule has 1 heterocycles. The van der Waals surface area contributed by atoms with Gasteiger partial charge in [0.25, 0.3) is 5.56 Å². The smallest absolute Gasteiger partial charge is 0.382 e. The number of aryl methyl sites for hydroxylation is 1. The van der Waals surface area contributed by atoms with Gasteiger partial charge in [0.1, 0.15) is 0 Å². The number of hydrogen-bond donors (Lipinski definition) is 1. The lowest BCUT2D eigenvalue weighted by atomic mass is 10.1. The third-order valence-corrected chi connectivity index (χ3v) is 2.94. The second-order valence-corrected chi connectivity index (χ2v) is 4.66. The highest BCUT2D eigenvalue weighted by Gasteiger charge is 2.38. The summed E-state index contributed by atoms with van der Waals surface area (Å²) >= 11 is 0. The first kappa shape index (κ1) is 15.2. The predicted molar refractivity (Wildman–Crippen MR) is 70.7 cm³/mol. The maximum atomic E-state index is 12.3. The van der Waals surface area contributed by atoms with Crippen LogP contribution in [0.2, 0.25) is 0 Å². The van der Waals surface area contributed by atoms with Gasteiger partial charge in [-0.1, -0.05) is 29.8 Å². The maximum Gasteiger partial charge on any atom is 0.416 e. The van der Waals surface area contributed by atoms with Crippen LogP contribution in [-0.4, -0.2) is 27.2 Å². The van der Waals surface area contributed by atoms with E-state index in [2.05, 4.69) is 5.10 Å². The Morgan fingerprint density at radius 2 is 1.81 bits per heavy atom. The van der Waals surface area contributed by atoms with Gasteiger partial charge in [0.05, 0.1) is 12.2 Å². The van der Waals surface area contributed by atoms with Crippen LogP contribution in [-0.2, 0) is 6.54 Å². The van der Waals surface area contributed by atoms with Crippen molar-refractivity contribution < 1.29 is 18.3 Å². The van der Waals surface area contributed by atoms with Gasteiger partial charge in [-0.3, -0.25) is 4.79 Å². The molecule has 1 aromatic heterocycles. The molecule has 0 saturated heterocycles. The van der Waals surface area contributed by atoms with Crippen LogP contribution in [0.1, 0.15) is 5.56 Å². The van der Waals surface area contributed by atoms with Crippen molar-refractivity contribution in [2.45, 2.75) is 25.7 Å². The van der Waals surface area contributed by atoms with Crippen LogP contribution < -0.4 is 5.56 Å². The van der Waals surface area contributed by atoms with E-state index < -0.39 is 24.4 Å². The predicted octanol–water partition coefficient (Wildman–Crippen LogP) is 2.14. The van der Waals surface area contributed by atoms with Crippen molar-refractivity contribution in [3.8, 4) is 11.3 Å². The maximum absolute atomic E-state index is 12.3. The Balaban J connectivity index is 2.33. The summed E-state index contributed by atoms with van der Waals surface area (Å²) in [6.45, 7) is 0.972. The van der Waals surface area contributed by atoms with E-state index in [4.69, 9.17) is 5.11 Å². The number of rotatable bonds is 3. The van der Waals surface area contributed by atoms with Crippen LogP contribution in [0.4, 0.5) is 13.2 Å². The SMILES string of the molecule is Cc1ccc(-c2ccc(=O)n(C[C@H](O)C(F)(F)F)n2)cc1. The Morgan fingerprint density at radius 3 is 2.38 bits per heavy atom. The van der Waals surface area contributed by atoms with E-state index in [9.17, 15) is 18.0 Å². The second-order valence-electron chi connectivity index (χ2n) is 4.66. The Morgan fingerprint density at radius 1 is 1.19 bits per heavy atom. The number of benzene rings is 1. The molecule has 4 nitrogen and oxygen atoms in total. The Labute approximate surface area is 118 Å². The quantitative estimate of drug-likeness (QED) is 0.944. The molecule has 0 saturated carbocycles. The highest BCUT2D eigenvalue weighted by Crippen LogP contribution is 2.21. The summed E-state index contributed by atoms with van der Waals surface area (Å²) in [6, 6.07) is 9.74. The average Bonchev–Trinajstić information content (AvgIpc) is 2.41. The van der Waals surface area contributed by atoms with Crippen LogP contribution in [0.3, 0.4) is 0 Å². The van der Waals surface area contributed by atoms with Gasteiger partial charge in [0.2, 0.25) is 0 Å². The first-order chi connectivity index (χ1) is 9.77. The van der Waals surface area contributed by atoms with Crippen molar-refractivity contribution >= 4 is 0 Å². The fourth-order valence-corrected chi connectivity index (χ4v) is 1.73. The van der Waals surface area contributed by atoms with Crippen LogP contribution in [0.25, 0.3) is 11.3 Å². The van der Waals surface area contributed by atoms with Crippen LogP contribution in [0.5, 0.6) is 0 Å². The van der Waals surface area contributed by atoms with Crippen molar-refractivity contribution in [1.82, 2.24) is 9.78 Å². The fraction of sp³-hybridized carbons (Fsp3) is 0.286. The van der Waals surface area contributed by atoms with E-state index in [0.717, 1.165) is 11.6 Å². The Bertz CT molecular complexity index is 678. The third-order valence-electron chi connectivity index (χ3n) is 2.94. The summed E-state index contributed by atoms with van der Waals surface area (Å²) < 4.78 is 37.6. The molecule has 112 valence electrons. The Kier molecular flexibility index (Phi) is 4.13. The summed E-state index contributed by atoms with van der Waals surface area (Å²) in [6.07, 6.45) is -7.42. The molecule has 0 bridgehead atoms. The van der Waals surface area contributed by atoms with Gasteiger partial charge in [0.15, 0.2) is 6.10 Å². The number of alkyl halides is 3. The van der Waals surface area contributed by atoms with Crippen molar-refractivity contribution in [1.29, 1.82) is 0 Å². The van der Waals surface area contributed by atoms with Crippen LogP contribution >= 0.6 is 0 Å². The Hall–Kier alpha value is -2.15. The summed E-state index contributed by atoms with van der Waals surface area (Å²) in [5.74, 6) is 0. The van der Waals surface area contributed by atoms with Gasteiger partial charge >= 0.3 is 6.18 Å². The molecule has 0 spiro atoms. The summed E-state index contributed by atoms with van der Waals surface area (Å²) in [4.78, 5) is 11.5. The van der Waals surface area contributed by atoms with Gasteiger partial charge in [0, 0.05) is 11.6 Å². The minimum atomic E-state index is -4.79. The molecule has 2 aromatic rings. The lowest BCUT2D eigenvalue weighted by molar-refractivity contribution is -0.208. The van der Waals surface area contributed by atoms with E-state index in [1.54, 1.807) is 12.1 Å². The zero-order valence-electron chi connectivity index (χ0n) is 11.1. The molecule has 2 rings (SSSR count). The third kappa shape index (κ3) is 3.69. The lowest BCUT2D eigenvalue weighted by Gasteiger charge is -2.15. The standard InChI is InChI=1S/C14H13F3N2O2/c1-9-2-4-10(5-3-9)11-6-7-13(21)19(18-11)8-12(20)14(15,16)17/h2-7,12,20H,8H2,1H3/t12-/m0/s1. The molecular weight excluding hydrogens is 285 g/mol. The molecule has 0 unspecified atom stereocenters. The lowest BCUT2D eigenvalue weighted by Crippen LogP contribution is -2.37. The zero-order chi connectivity index (χ0) is 15.6. The molecular formula is C14H13F3N2O2.